The average molecular weight is 397 g/mol. The predicted molar refractivity (Wildman–Crippen MR) is 106 cm³/mol. The van der Waals surface area contributed by atoms with Crippen molar-refractivity contribution in [2.75, 3.05) is 19.5 Å². The Kier molecular flexibility index (Phi) is 6.33. The number of anilines is 1. The van der Waals surface area contributed by atoms with Gasteiger partial charge in [-0.05, 0) is 36.4 Å². The SMILES string of the molecule is COc1cccc(OC)c1CS(=O)c1ncccc1C(=O)Nc1ccncc1. The minimum absolute atomic E-state index is 0.0970. The zero-order valence-electron chi connectivity index (χ0n) is 15.4. The van der Waals surface area contributed by atoms with Gasteiger partial charge in [0.05, 0.1) is 36.3 Å². The van der Waals surface area contributed by atoms with Gasteiger partial charge in [-0.3, -0.25) is 14.0 Å². The lowest BCUT2D eigenvalue weighted by Gasteiger charge is -2.13. The third kappa shape index (κ3) is 4.34. The van der Waals surface area contributed by atoms with Crippen molar-refractivity contribution in [2.24, 2.45) is 0 Å². The monoisotopic (exact) mass is 397 g/mol. The lowest BCUT2D eigenvalue weighted by Crippen LogP contribution is -2.16. The molecule has 2 aromatic heterocycles. The molecule has 1 aromatic carbocycles. The first kappa shape index (κ1) is 19.5. The van der Waals surface area contributed by atoms with E-state index in [1.807, 2.05) is 0 Å². The van der Waals surface area contributed by atoms with Gasteiger partial charge < -0.3 is 14.8 Å². The molecule has 0 fully saturated rings. The lowest BCUT2D eigenvalue weighted by atomic mass is 10.2. The Morgan fingerprint density at radius 1 is 1.00 bits per heavy atom. The number of benzene rings is 1. The number of carbonyl (C=O) groups excluding carboxylic acids is 1. The fourth-order valence-electron chi connectivity index (χ4n) is 2.65. The van der Waals surface area contributed by atoms with Crippen LogP contribution in [0.2, 0.25) is 0 Å². The molecule has 0 spiro atoms. The maximum absolute atomic E-state index is 13.1. The van der Waals surface area contributed by atoms with E-state index in [4.69, 9.17) is 9.47 Å². The molecule has 7 nitrogen and oxygen atoms in total. The van der Waals surface area contributed by atoms with Crippen LogP contribution in [0.1, 0.15) is 15.9 Å². The molecule has 0 aliphatic heterocycles. The van der Waals surface area contributed by atoms with Gasteiger partial charge in [0.15, 0.2) is 0 Å². The molecule has 1 atom stereocenters. The normalized spacial score (nSPS) is 11.5. The van der Waals surface area contributed by atoms with Crippen molar-refractivity contribution in [1.82, 2.24) is 9.97 Å². The minimum atomic E-state index is -1.59. The Morgan fingerprint density at radius 2 is 1.68 bits per heavy atom. The van der Waals surface area contributed by atoms with Crippen LogP contribution in [-0.2, 0) is 16.6 Å². The van der Waals surface area contributed by atoms with Crippen molar-refractivity contribution in [2.45, 2.75) is 10.8 Å². The molecule has 1 amide bonds. The van der Waals surface area contributed by atoms with E-state index in [1.54, 1.807) is 54.9 Å². The highest BCUT2D eigenvalue weighted by Crippen LogP contribution is 2.31. The molecule has 8 heteroatoms. The highest BCUT2D eigenvalue weighted by molar-refractivity contribution is 7.84. The summed E-state index contributed by atoms with van der Waals surface area (Å²) in [4.78, 5) is 20.8. The average Bonchev–Trinajstić information content (AvgIpc) is 2.74. The highest BCUT2D eigenvalue weighted by Gasteiger charge is 2.21. The summed E-state index contributed by atoms with van der Waals surface area (Å²) >= 11 is 0. The second-order valence-corrected chi connectivity index (χ2v) is 7.04. The third-order valence-electron chi connectivity index (χ3n) is 3.97. The second-order valence-electron chi connectivity index (χ2n) is 5.68. The summed E-state index contributed by atoms with van der Waals surface area (Å²) in [6.07, 6.45) is 4.66. The number of methoxy groups -OCH3 is 2. The summed E-state index contributed by atoms with van der Waals surface area (Å²) in [5, 5.41) is 2.96. The summed E-state index contributed by atoms with van der Waals surface area (Å²) in [5.41, 5.74) is 1.48. The van der Waals surface area contributed by atoms with Crippen LogP contribution in [0.15, 0.2) is 66.1 Å². The molecule has 0 aliphatic rings. The lowest BCUT2D eigenvalue weighted by molar-refractivity contribution is 0.102. The molecule has 0 aliphatic carbocycles. The van der Waals surface area contributed by atoms with Crippen LogP contribution in [-0.4, -0.2) is 34.3 Å². The summed E-state index contributed by atoms with van der Waals surface area (Å²) in [6.45, 7) is 0. The van der Waals surface area contributed by atoms with Crippen molar-refractivity contribution in [3.63, 3.8) is 0 Å². The number of pyridine rings is 2. The van der Waals surface area contributed by atoms with E-state index in [-0.39, 0.29) is 16.3 Å². The maximum atomic E-state index is 13.1. The van der Waals surface area contributed by atoms with E-state index in [9.17, 15) is 9.00 Å². The fourth-order valence-corrected chi connectivity index (χ4v) is 3.92. The van der Waals surface area contributed by atoms with Crippen molar-refractivity contribution in [1.29, 1.82) is 0 Å². The molecule has 0 bridgehead atoms. The minimum Gasteiger partial charge on any atom is -0.496 e. The van der Waals surface area contributed by atoms with E-state index in [2.05, 4.69) is 15.3 Å². The van der Waals surface area contributed by atoms with Crippen molar-refractivity contribution in [3.8, 4) is 11.5 Å². The Balaban J connectivity index is 1.89. The zero-order chi connectivity index (χ0) is 19.9. The third-order valence-corrected chi connectivity index (χ3v) is 5.28. The predicted octanol–water partition coefficient (Wildman–Crippen LogP) is 3.05. The van der Waals surface area contributed by atoms with Gasteiger partial charge in [0, 0.05) is 29.8 Å². The molecular weight excluding hydrogens is 378 g/mol. The molecule has 1 unspecified atom stereocenters. The van der Waals surface area contributed by atoms with Gasteiger partial charge in [-0.15, -0.1) is 0 Å². The van der Waals surface area contributed by atoms with Crippen LogP contribution in [0.3, 0.4) is 0 Å². The fraction of sp³-hybridized carbons (Fsp3) is 0.150. The highest BCUT2D eigenvalue weighted by atomic mass is 32.2. The molecule has 144 valence electrons. The molecule has 3 aromatic rings. The summed E-state index contributed by atoms with van der Waals surface area (Å²) in [7, 11) is 1.48. The van der Waals surface area contributed by atoms with Gasteiger partial charge in [0.25, 0.3) is 5.91 Å². The summed E-state index contributed by atoms with van der Waals surface area (Å²) in [6, 6.07) is 11.9. The van der Waals surface area contributed by atoms with Gasteiger partial charge >= 0.3 is 0 Å². The molecular formula is C20H19N3O4S. The number of amides is 1. The maximum Gasteiger partial charge on any atom is 0.258 e. The van der Waals surface area contributed by atoms with Crippen LogP contribution >= 0.6 is 0 Å². The van der Waals surface area contributed by atoms with Crippen LogP contribution < -0.4 is 14.8 Å². The molecule has 0 radical (unpaired) electrons. The molecule has 28 heavy (non-hydrogen) atoms. The number of carbonyl (C=O) groups is 1. The van der Waals surface area contributed by atoms with Gasteiger partial charge in [0.2, 0.25) is 0 Å². The summed E-state index contributed by atoms with van der Waals surface area (Å²) < 4.78 is 23.8. The molecule has 0 saturated carbocycles. The van der Waals surface area contributed by atoms with E-state index >= 15 is 0 Å². The number of hydrogen-bond acceptors (Lipinski definition) is 6. The topological polar surface area (TPSA) is 90.4 Å². The summed E-state index contributed by atoms with van der Waals surface area (Å²) in [5.74, 6) is 0.826. The number of aromatic nitrogens is 2. The van der Waals surface area contributed by atoms with Crippen LogP contribution in [0.25, 0.3) is 0 Å². The van der Waals surface area contributed by atoms with Crippen molar-refractivity contribution >= 4 is 22.4 Å². The molecule has 0 saturated heterocycles. The van der Waals surface area contributed by atoms with Gasteiger partial charge in [-0.1, -0.05) is 6.07 Å². The first-order valence-corrected chi connectivity index (χ1v) is 9.70. The molecule has 2 heterocycles. The Bertz CT molecular complexity index is 974. The van der Waals surface area contributed by atoms with Crippen molar-refractivity contribution < 1.29 is 18.5 Å². The first-order valence-electron chi connectivity index (χ1n) is 8.38. The zero-order valence-corrected chi connectivity index (χ0v) is 16.2. The van der Waals surface area contributed by atoms with Crippen LogP contribution in [0.4, 0.5) is 5.69 Å². The molecule has 1 N–H and O–H groups in total. The number of nitrogens with one attached hydrogen (secondary N) is 1. The Labute approximate surface area is 165 Å². The quantitative estimate of drug-likeness (QED) is 0.659. The van der Waals surface area contributed by atoms with Gasteiger partial charge in [0.1, 0.15) is 16.5 Å². The van der Waals surface area contributed by atoms with Crippen LogP contribution in [0, 0.1) is 0 Å². The first-order chi connectivity index (χ1) is 13.6. The van der Waals surface area contributed by atoms with E-state index in [1.165, 1.54) is 20.4 Å². The van der Waals surface area contributed by atoms with Crippen LogP contribution in [0.5, 0.6) is 11.5 Å². The van der Waals surface area contributed by atoms with E-state index in [0.717, 1.165) is 0 Å². The number of ether oxygens (including phenoxy) is 2. The standard InChI is InChI=1S/C20H19N3O4S/c1-26-17-6-3-7-18(27-2)16(17)13-28(25)20-15(5-4-10-22-20)19(24)23-14-8-11-21-12-9-14/h3-12H,13H2,1-2H3,(H,21,23,24). The van der Waals surface area contributed by atoms with Gasteiger partial charge in [-0.2, -0.15) is 0 Å². The number of hydrogen-bond donors (Lipinski definition) is 1. The Morgan fingerprint density at radius 3 is 2.32 bits per heavy atom. The number of rotatable bonds is 7. The van der Waals surface area contributed by atoms with E-state index in [0.29, 0.717) is 22.7 Å². The largest absolute Gasteiger partial charge is 0.496 e. The molecule has 3 rings (SSSR count). The number of nitrogens with zero attached hydrogens (tertiary/aromatic N) is 2. The van der Waals surface area contributed by atoms with Crippen molar-refractivity contribution in [3.05, 3.63) is 72.2 Å². The van der Waals surface area contributed by atoms with Gasteiger partial charge in [-0.25, -0.2) is 4.98 Å². The van der Waals surface area contributed by atoms with E-state index < -0.39 is 16.7 Å². The Hall–Kier alpha value is -3.26. The smallest absolute Gasteiger partial charge is 0.258 e. The second kappa shape index (κ2) is 9.09.